The maximum absolute atomic E-state index is 11.0. The van der Waals surface area contributed by atoms with Crippen molar-refractivity contribution in [2.45, 2.75) is 19.4 Å². The van der Waals surface area contributed by atoms with E-state index < -0.39 is 18.7 Å². The number of carbonyl (C=O) groups excluding carboxylic acids is 3. The molecule has 6 heteroatoms. The van der Waals surface area contributed by atoms with Crippen LogP contribution < -0.4 is 0 Å². The van der Waals surface area contributed by atoms with Crippen LogP contribution in [-0.4, -0.2) is 37.9 Å². The predicted octanol–water partition coefficient (Wildman–Crippen LogP) is -0.369. The van der Waals surface area contributed by atoms with Gasteiger partial charge in [-0.3, -0.25) is 4.79 Å². The first-order chi connectivity index (χ1) is 6.11. The molecule has 0 aliphatic carbocycles. The minimum atomic E-state index is -0.925. The predicted molar refractivity (Wildman–Crippen MR) is 42.7 cm³/mol. The van der Waals surface area contributed by atoms with Crippen molar-refractivity contribution in [3.8, 4) is 0 Å². The van der Waals surface area contributed by atoms with Crippen LogP contribution in [0.25, 0.3) is 0 Å². The van der Waals surface area contributed by atoms with E-state index in [0.29, 0.717) is 0 Å². The van der Waals surface area contributed by atoms with E-state index in [-0.39, 0.29) is 44.9 Å². The molecule has 0 aromatic carbocycles. The van der Waals surface area contributed by atoms with Crippen molar-refractivity contribution in [2.24, 2.45) is 0 Å². The molecule has 1 radical (unpaired) electrons. The van der Waals surface area contributed by atoms with E-state index >= 15 is 0 Å². The summed E-state index contributed by atoms with van der Waals surface area (Å²) in [5.41, 5.74) is 0. The molecule has 0 aliphatic rings. The molecule has 0 rings (SSSR count). The Kier molecular flexibility index (Phi) is 11.0. The second kappa shape index (κ2) is 9.43. The van der Waals surface area contributed by atoms with Crippen LogP contribution in [0.5, 0.6) is 0 Å². The molecule has 5 nitrogen and oxygen atoms in total. The van der Waals surface area contributed by atoms with E-state index in [1.165, 1.54) is 20.3 Å². The first kappa shape index (κ1) is 16.3. The van der Waals surface area contributed by atoms with E-state index in [0.717, 1.165) is 0 Å². The average Bonchev–Trinajstić information content (AvgIpc) is 2.09. The Labute approximate surface area is 107 Å². The molecule has 0 spiro atoms. The van der Waals surface area contributed by atoms with Crippen molar-refractivity contribution < 1.29 is 56.6 Å². The number of esters is 1. The number of methoxy groups -OCH3 is 1. The molecule has 0 saturated carbocycles. The number of ether oxygens (including phenoxy) is 2. The van der Waals surface area contributed by atoms with Gasteiger partial charge >= 0.3 is 5.97 Å². The normalized spacial score (nSPS) is 11.0. The summed E-state index contributed by atoms with van der Waals surface area (Å²) in [7, 11) is 1.29. The largest absolute Gasteiger partial charge is 0.539 e. The van der Waals surface area contributed by atoms with Crippen LogP contribution >= 0.6 is 0 Å². The third-order valence-corrected chi connectivity index (χ3v) is 1.29. The van der Waals surface area contributed by atoms with Crippen molar-refractivity contribution in [3.05, 3.63) is 0 Å². The van der Waals surface area contributed by atoms with Gasteiger partial charge in [-0.25, -0.2) is 11.1 Å². The van der Waals surface area contributed by atoms with Crippen LogP contribution in [-0.2, 0) is 56.6 Å². The first-order valence-electron chi connectivity index (χ1n) is 3.65. The standard InChI is InChI=1S/C8H11O5.Y/c1-6(10)5-7(12-2)8(11)13-4-3-9;/h7H,4-5H2,1-2H3;/q-1;. The van der Waals surface area contributed by atoms with E-state index in [2.05, 4.69) is 4.74 Å². The zero-order chi connectivity index (χ0) is 10.3. The number of rotatable bonds is 6. The molecular weight excluding hydrogens is 265 g/mol. The quantitative estimate of drug-likeness (QED) is 0.489. The number of Topliss-reactive ketones (excluding diaryl/α,β-unsaturated/α-hetero) is 1. The SMILES string of the molecule is COC(CC(C)=O)C(=O)OC[C-]=O.[Y]. The summed E-state index contributed by atoms with van der Waals surface area (Å²) >= 11 is 0. The Morgan fingerprint density at radius 3 is 2.36 bits per heavy atom. The fourth-order valence-corrected chi connectivity index (χ4v) is 0.718. The van der Waals surface area contributed by atoms with Gasteiger partial charge in [-0.2, -0.15) is 0 Å². The van der Waals surface area contributed by atoms with E-state index in [1.54, 1.807) is 0 Å². The maximum Gasteiger partial charge on any atom is 0.333 e. The van der Waals surface area contributed by atoms with Crippen LogP contribution in [0, 0.1) is 0 Å². The van der Waals surface area contributed by atoms with Crippen LogP contribution in [0.4, 0.5) is 0 Å². The van der Waals surface area contributed by atoms with Gasteiger partial charge in [-0.05, 0) is 13.5 Å². The van der Waals surface area contributed by atoms with Gasteiger partial charge in [0.2, 0.25) is 0 Å². The Bertz CT molecular complexity index is 204. The van der Waals surface area contributed by atoms with E-state index in [1.807, 2.05) is 0 Å². The molecule has 0 aromatic rings. The Hall–Kier alpha value is -0.126. The average molecular weight is 276 g/mol. The fraction of sp³-hybridized carbons (Fsp3) is 0.625. The van der Waals surface area contributed by atoms with Crippen molar-refractivity contribution in [1.29, 1.82) is 0 Å². The Morgan fingerprint density at radius 2 is 2.00 bits per heavy atom. The topological polar surface area (TPSA) is 69.7 Å². The fourth-order valence-electron chi connectivity index (χ4n) is 0.718. The summed E-state index contributed by atoms with van der Waals surface area (Å²) < 4.78 is 9.10. The number of ketones is 1. The van der Waals surface area contributed by atoms with Gasteiger partial charge in [0.05, 0.1) is 0 Å². The Morgan fingerprint density at radius 1 is 1.43 bits per heavy atom. The van der Waals surface area contributed by atoms with Crippen LogP contribution in [0.15, 0.2) is 0 Å². The molecule has 0 heterocycles. The minimum absolute atomic E-state index is 0. The minimum Gasteiger partial charge on any atom is -0.539 e. The Balaban J connectivity index is 0. The molecule has 0 fully saturated rings. The van der Waals surface area contributed by atoms with Gasteiger partial charge in [0.1, 0.15) is 5.78 Å². The number of hydrogen-bond acceptors (Lipinski definition) is 5. The second-order valence-electron chi connectivity index (χ2n) is 2.38. The number of carbonyl (C=O) groups is 2. The van der Waals surface area contributed by atoms with Gasteiger partial charge in [0.25, 0.3) is 0 Å². The molecule has 0 bridgehead atoms. The van der Waals surface area contributed by atoms with Crippen molar-refractivity contribution in [2.75, 3.05) is 13.7 Å². The van der Waals surface area contributed by atoms with Crippen molar-refractivity contribution >= 4 is 18.0 Å². The first-order valence-corrected chi connectivity index (χ1v) is 3.65. The molecule has 77 valence electrons. The van der Waals surface area contributed by atoms with Gasteiger partial charge in [0.15, 0.2) is 6.10 Å². The summed E-state index contributed by atoms with van der Waals surface area (Å²) in [6, 6.07) is 0. The molecule has 0 amide bonds. The van der Waals surface area contributed by atoms with Crippen LogP contribution in [0.2, 0.25) is 0 Å². The summed E-state index contributed by atoms with van der Waals surface area (Å²) in [4.78, 5) is 31.3. The molecule has 0 aliphatic heterocycles. The third-order valence-electron chi connectivity index (χ3n) is 1.29. The number of hydrogen-bond donors (Lipinski definition) is 0. The summed E-state index contributed by atoms with van der Waals surface area (Å²) in [6.07, 6.45) is 0.425. The van der Waals surface area contributed by atoms with Crippen LogP contribution in [0.1, 0.15) is 13.3 Å². The van der Waals surface area contributed by atoms with Crippen molar-refractivity contribution in [3.63, 3.8) is 0 Å². The maximum atomic E-state index is 11.0. The monoisotopic (exact) mass is 276 g/mol. The van der Waals surface area contributed by atoms with Gasteiger partial charge < -0.3 is 14.3 Å². The summed E-state index contributed by atoms with van der Waals surface area (Å²) in [6.45, 7) is 0.905. The molecule has 0 aromatic heterocycles. The zero-order valence-electron chi connectivity index (χ0n) is 8.11. The van der Waals surface area contributed by atoms with Gasteiger partial charge in [0, 0.05) is 46.2 Å². The van der Waals surface area contributed by atoms with E-state index in [9.17, 15) is 14.4 Å². The molecule has 0 N–H and O–H groups in total. The molecule has 0 saturated heterocycles. The van der Waals surface area contributed by atoms with Crippen LogP contribution in [0.3, 0.4) is 0 Å². The smallest absolute Gasteiger partial charge is 0.333 e. The molecule has 1 unspecified atom stereocenters. The van der Waals surface area contributed by atoms with E-state index in [4.69, 9.17) is 4.74 Å². The summed E-state index contributed by atoms with van der Waals surface area (Å²) in [5.74, 6) is -0.903. The summed E-state index contributed by atoms with van der Waals surface area (Å²) in [5, 5.41) is 0. The molecule has 14 heavy (non-hydrogen) atoms. The van der Waals surface area contributed by atoms with Crippen molar-refractivity contribution in [1.82, 2.24) is 0 Å². The molecule has 1 atom stereocenters. The second-order valence-corrected chi connectivity index (χ2v) is 2.38. The van der Waals surface area contributed by atoms with Gasteiger partial charge in [-0.1, -0.05) is 0 Å². The zero-order valence-corrected chi connectivity index (χ0v) is 10.9. The third kappa shape index (κ3) is 7.29. The van der Waals surface area contributed by atoms with Gasteiger partial charge in [-0.15, -0.1) is 0 Å². The molecular formula is C8H11O5Y-.